The van der Waals surface area contributed by atoms with Crippen LogP contribution in [0, 0.1) is 5.92 Å². The van der Waals surface area contributed by atoms with Gasteiger partial charge in [-0.05, 0) is 30.0 Å². The number of carbonyl (C=O) groups is 2. The van der Waals surface area contributed by atoms with E-state index in [4.69, 9.17) is 9.47 Å². The summed E-state index contributed by atoms with van der Waals surface area (Å²) >= 11 is 0. The Morgan fingerprint density at radius 2 is 2.00 bits per heavy atom. The van der Waals surface area contributed by atoms with E-state index in [1.54, 1.807) is 13.2 Å². The zero-order chi connectivity index (χ0) is 16.2. The van der Waals surface area contributed by atoms with Crippen molar-refractivity contribution in [2.45, 2.75) is 19.4 Å². The topological polar surface area (TPSA) is 52.6 Å². The summed E-state index contributed by atoms with van der Waals surface area (Å²) in [7, 11) is 1.58. The summed E-state index contributed by atoms with van der Waals surface area (Å²) < 4.78 is 11.2. The molecule has 2 aromatic carbocycles. The number of hydrogen-bond donors (Lipinski definition) is 0. The molecule has 23 heavy (non-hydrogen) atoms. The molecule has 1 aliphatic rings. The first-order valence-electron chi connectivity index (χ1n) is 7.60. The first-order valence-corrected chi connectivity index (χ1v) is 7.60. The van der Waals surface area contributed by atoms with Crippen molar-refractivity contribution >= 4 is 12.1 Å². The summed E-state index contributed by atoms with van der Waals surface area (Å²) in [6.07, 6.45) is 1.94. The molecule has 0 fully saturated rings. The third kappa shape index (κ3) is 3.11. The maximum Gasteiger partial charge on any atom is 0.177 e. The summed E-state index contributed by atoms with van der Waals surface area (Å²) in [4.78, 5) is 23.6. The number of aryl methyl sites for hydroxylation is 1. The van der Waals surface area contributed by atoms with Crippen molar-refractivity contribution in [2.24, 2.45) is 5.92 Å². The fraction of sp³-hybridized carbons (Fsp3) is 0.263. The predicted molar refractivity (Wildman–Crippen MR) is 86.0 cm³/mol. The number of hydrogen-bond acceptors (Lipinski definition) is 4. The molecule has 2 aromatic rings. The van der Waals surface area contributed by atoms with Gasteiger partial charge in [0.25, 0.3) is 0 Å². The first kappa shape index (κ1) is 15.3. The van der Waals surface area contributed by atoms with Crippen LogP contribution < -0.4 is 9.47 Å². The number of benzene rings is 2. The number of fused-ring (bicyclic) bond motifs is 1. The molecular weight excluding hydrogens is 292 g/mol. The van der Waals surface area contributed by atoms with E-state index < -0.39 is 5.92 Å². The van der Waals surface area contributed by atoms with Crippen molar-refractivity contribution in [1.29, 1.82) is 0 Å². The van der Waals surface area contributed by atoms with Crippen LogP contribution in [0.15, 0.2) is 42.5 Å². The predicted octanol–water partition coefficient (Wildman–Crippen LogP) is 3.22. The zero-order valence-electron chi connectivity index (χ0n) is 13.0. The zero-order valence-corrected chi connectivity index (χ0v) is 13.0. The van der Waals surface area contributed by atoms with Crippen LogP contribution >= 0.6 is 0 Å². The molecule has 118 valence electrons. The second-order valence-electron chi connectivity index (χ2n) is 5.58. The molecule has 0 amide bonds. The second kappa shape index (κ2) is 6.65. The van der Waals surface area contributed by atoms with Gasteiger partial charge in [-0.2, -0.15) is 0 Å². The lowest BCUT2D eigenvalue weighted by Gasteiger charge is -2.23. The monoisotopic (exact) mass is 310 g/mol. The molecule has 3 rings (SSSR count). The molecule has 0 radical (unpaired) electrons. The van der Waals surface area contributed by atoms with Crippen molar-refractivity contribution in [2.75, 3.05) is 7.11 Å². The average Bonchev–Trinajstić information content (AvgIpc) is 2.60. The molecule has 0 spiro atoms. The fourth-order valence-electron chi connectivity index (χ4n) is 2.85. The third-order valence-corrected chi connectivity index (χ3v) is 4.10. The lowest BCUT2D eigenvalue weighted by molar-refractivity contribution is -0.110. The maximum absolute atomic E-state index is 12.5. The minimum absolute atomic E-state index is 0.160. The molecule has 0 aliphatic heterocycles. The van der Waals surface area contributed by atoms with Crippen LogP contribution in [0.1, 0.15) is 27.9 Å². The Morgan fingerprint density at radius 3 is 2.70 bits per heavy atom. The minimum Gasteiger partial charge on any atom is -0.497 e. The van der Waals surface area contributed by atoms with Crippen molar-refractivity contribution in [3.8, 4) is 11.5 Å². The van der Waals surface area contributed by atoms with E-state index in [9.17, 15) is 9.59 Å². The molecule has 0 N–H and O–H groups in total. The van der Waals surface area contributed by atoms with Gasteiger partial charge in [0.2, 0.25) is 0 Å². The highest BCUT2D eigenvalue weighted by molar-refractivity contribution is 6.09. The number of methoxy groups -OCH3 is 1. The van der Waals surface area contributed by atoms with Crippen LogP contribution in [0.2, 0.25) is 0 Å². The van der Waals surface area contributed by atoms with Crippen LogP contribution in [0.5, 0.6) is 11.5 Å². The number of rotatable bonds is 5. The van der Waals surface area contributed by atoms with E-state index in [1.165, 1.54) is 0 Å². The molecule has 4 heteroatoms. The smallest absolute Gasteiger partial charge is 0.177 e. The molecule has 1 unspecified atom stereocenters. The number of carbonyl (C=O) groups excluding carboxylic acids is 2. The molecule has 0 saturated carbocycles. The lowest BCUT2D eigenvalue weighted by Crippen LogP contribution is -2.24. The van der Waals surface area contributed by atoms with Crippen LogP contribution in [-0.4, -0.2) is 19.2 Å². The first-order chi connectivity index (χ1) is 11.2. The molecule has 0 saturated heterocycles. The van der Waals surface area contributed by atoms with Gasteiger partial charge < -0.3 is 14.3 Å². The van der Waals surface area contributed by atoms with E-state index in [-0.39, 0.29) is 5.78 Å². The van der Waals surface area contributed by atoms with E-state index >= 15 is 0 Å². The van der Waals surface area contributed by atoms with Gasteiger partial charge >= 0.3 is 0 Å². The largest absolute Gasteiger partial charge is 0.497 e. The van der Waals surface area contributed by atoms with Gasteiger partial charge in [-0.25, -0.2) is 0 Å². The highest BCUT2D eigenvalue weighted by atomic mass is 16.5. The van der Waals surface area contributed by atoms with Gasteiger partial charge in [0.1, 0.15) is 24.4 Å². The van der Waals surface area contributed by atoms with Crippen LogP contribution in [0.4, 0.5) is 0 Å². The lowest BCUT2D eigenvalue weighted by atomic mass is 9.83. The maximum atomic E-state index is 12.5. The van der Waals surface area contributed by atoms with E-state index in [0.29, 0.717) is 36.5 Å². The SMILES string of the molecule is COc1cc2c(c(OCc3ccccc3)c1)C(=O)C(C=O)CC2. The standard InChI is InChI=1S/C19H18O4/c1-22-16-9-14-7-8-15(11-20)19(21)18(14)17(10-16)23-12-13-5-3-2-4-6-13/h2-6,9-11,15H,7-8,12H2,1H3. The van der Waals surface area contributed by atoms with Crippen LogP contribution in [0.25, 0.3) is 0 Å². The number of ether oxygens (including phenoxy) is 2. The summed E-state index contributed by atoms with van der Waals surface area (Å²) in [5, 5.41) is 0. The Labute approximate surface area is 135 Å². The summed E-state index contributed by atoms with van der Waals surface area (Å²) in [5.74, 6) is 0.408. The number of ketones is 1. The second-order valence-corrected chi connectivity index (χ2v) is 5.58. The Bertz CT molecular complexity index is 722. The Morgan fingerprint density at radius 1 is 1.22 bits per heavy atom. The van der Waals surface area contributed by atoms with Crippen LogP contribution in [0.3, 0.4) is 0 Å². The minimum atomic E-state index is -0.574. The molecule has 0 heterocycles. The Balaban J connectivity index is 1.94. The van der Waals surface area contributed by atoms with Gasteiger partial charge in [-0.3, -0.25) is 4.79 Å². The highest BCUT2D eigenvalue weighted by Gasteiger charge is 2.30. The van der Waals surface area contributed by atoms with Crippen molar-refractivity contribution in [3.63, 3.8) is 0 Å². The van der Waals surface area contributed by atoms with Crippen molar-refractivity contribution in [1.82, 2.24) is 0 Å². The van der Waals surface area contributed by atoms with E-state index in [2.05, 4.69) is 0 Å². The van der Waals surface area contributed by atoms with Crippen molar-refractivity contribution in [3.05, 3.63) is 59.2 Å². The van der Waals surface area contributed by atoms with Gasteiger partial charge in [-0.15, -0.1) is 0 Å². The molecule has 1 atom stereocenters. The molecule has 0 aromatic heterocycles. The fourth-order valence-corrected chi connectivity index (χ4v) is 2.85. The van der Waals surface area contributed by atoms with Gasteiger partial charge in [-0.1, -0.05) is 30.3 Å². The Hall–Kier alpha value is -2.62. The van der Waals surface area contributed by atoms with Crippen LogP contribution in [-0.2, 0) is 17.8 Å². The normalized spacial score (nSPS) is 16.6. The van der Waals surface area contributed by atoms with E-state index in [0.717, 1.165) is 17.4 Å². The van der Waals surface area contributed by atoms with Crippen molar-refractivity contribution < 1.29 is 19.1 Å². The number of aldehydes is 1. The summed E-state index contributed by atoms with van der Waals surface area (Å²) in [5.41, 5.74) is 2.42. The molecule has 1 aliphatic carbocycles. The van der Waals surface area contributed by atoms with Gasteiger partial charge in [0.05, 0.1) is 18.6 Å². The highest BCUT2D eigenvalue weighted by Crippen LogP contribution is 2.36. The Kier molecular flexibility index (Phi) is 4.42. The van der Waals surface area contributed by atoms with E-state index in [1.807, 2.05) is 36.4 Å². The van der Waals surface area contributed by atoms with Gasteiger partial charge in [0, 0.05) is 6.07 Å². The van der Waals surface area contributed by atoms with Gasteiger partial charge in [0.15, 0.2) is 5.78 Å². The third-order valence-electron chi connectivity index (χ3n) is 4.10. The molecule has 4 nitrogen and oxygen atoms in total. The summed E-state index contributed by atoms with van der Waals surface area (Å²) in [6, 6.07) is 13.3. The number of Topliss-reactive ketones (excluding diaryl/α,β-unsaturated/α-hetero) is 1. The molecule has 0 bridgehead atoms. The summed E-state index contributed by atoms with van der Waals surface area (Å²) in [6.45, 7) is 0.361. The average molecular weight is 310 g/mol. The molecular formula is C19H18O4. The quantitative estimate of drug-likeness (QED) is 0.628.